The van der Waals surface area contributed by atoms with Crippen LogP contribution in [0.5, 0.6) is 0 Å². The van der Waals surface area contributed by atoms with Crippen LogP contribution in [0.25, 0.3) is 22.1 Å². The van der Waals surface area contributed by atoms with Crippen molar-refractivity contribution in [2.24, 2.45) is 5.73 Å². The van der Waals surface area contributed by atoms with Crippen LogP contribution in [0.2, 0.25) is 0 Å². The smallest absolute Gasteiger partial charge is 0.408 e. The van der Waals surface area contributed by atoms with Gasteiger partial charge in [0.25, 0.3) is 0 Å². The minimum atomic E-state index is -0.865. The number of benzene rings is 2. The fourth-order valence-corrected chi connectivity index (χ4v) is 4.24. The first kappa shape index (κ1) is 25.7. The molecule has 0 unspecified atom stereocenters. The number of nitrogens with zero attached hydrogens (tertiary/aromatic N) is 3. The Morgan fingerprint density at radius 1 is 1.08 bits per heavy atom. The number of nitrogens with two attached hydrogens (primary N) is 1. The number of fused-ring (bicyclic) bond motifs is 1. The van der Waals surface area contributed by atoms with Crippen LogP contribution in [0.15, 0.2) is 47.0 Å². The predicted octanol–water partition coefficient (Wildman–Crippen LogP) is 3.16. The minimum Gasteiger partial charge on any atom is -0.444 e. The number of hydrogen-bond donors (Lipinski definition) is 2. The van der Waals surface area contributed by atoms with Gasteiger partial charge in [0.2, 0.25) is 5.91 Å². The van der Waals surface area contributed by atoms with Crippen LogP contribution in [0.4, 0.5) is 4.79 Å². The molecule has 0 aliphatic carbocycles. The largest absolute Gasteiger partial charge is 0.444 e. The zero-order valence-corrected chi connectivity index (χ0v) is 21.4. The molecule has 0 spiro atoms. The molecule has 9 nitrogen and oxygen atoms in total. The SMILES string of the molecule is CN1CCN(Cc2noc3ccc(-c4ccc(C[C@H](NC(=O)OC(C)(C)C)C(N)=O)cc4)cc23)CC1. The summed E-state index contributed by atoms with van der Waals surface area (Å²) in [5.41, 5.74) is 9.54. The number of carbonyl (C=O) groups excluding carboxylic acids is 2. The summed E-state index contributed by atoms with van der Waals surface area (Å²) >= 11 is 0. The van der Waals surface area contributed by atoms with E-state index >= 15 is 0 Å². The Morgan fingerprint density at radius 2 is 1.75 bits per heavy atom. The van der Waals surface area contributed by atoms with Crippen LogP contribution >= 0.6 is 0 Å². The maximum absolute atomic E-state index is 12.1. The van der Waals surface area contributed by atoms with Crippen molar-refractivity contribution in [1.82, 2.24) is 20.3 Å². The lowest BCUT2D eigenvalue weighted by Gasteiger charge is -2.31. The molecule has 2 heterocycles. The van der Waals surface area contributed by atoms with Crippen LogP contribution < -0.4 is 11.1 Å². The number of aromatic nitrogens is 1. The Hall–Kier alpha value is -3.43. The van der Waals surface area contributed by atoms with E-state index in [4.69, 9.17) is 15.0 Å². The molecule has 1 aliphatic rings. The molecule has 3 aromatic rings. The number of amides is 2. The molecular weight excluding hydrogens is 458 g/mol. The fourth-order valence-electron chi connectivity index (χ4n) is 4.24. The average molecular weight is 494 g/mol. The molecule has 1 atom stereocenters. The first-order valence-electron chi connectivity index (χ1n) is 12.2. The van der Waals surface area contributed by atoms with Crippen LogP contribution in [0.3, 0.4) is 0 Å². The predicted molar refractivity (Wildman–Crippen MR) is 138 cm³/mol. The first-order chi connectivity index (χ1) is 17.1. The summed E-state index contributed by atoms with van der Waals surface area (Å²) in [5, 5.41) is 7.92. The Kier molecular flexibility index (Phi) is 7.61. The molecule has 3 N–H and O–H groups in total. The maximum atomic E-state index is 12.1. The van der Waals surface area contributed by atoms with E-state index in [0.29, 0.717) is 0 Å². The normalized spacial score (nSPS) is 16.1. The van der Waals surface area contributed by atoms with E-state index < -0.39 is 23.6 Å². The summed E-state index contributed by atoms with van der Waals surface area (Å²) in [7, 11) is 2.14. The van der Waals surface area contributed by atoms with Crippen LogP contribution in [-0.4, -0.2) is 71.8 Å². The zero-order chi connectivity index (χ0) is 25.9. The molecule has 0 radical (unpaired) electrons. The second-order valence-electron chi connectivity index (χ2n) is 10.4. The van der Waals surface area contributed by atoms with Crippen LogP contribution in [0, 0.1) is 0 Å². The molecule has 1 fully saturated rings. The van der Waals surface area contributed by atoms with E-state index in [0.717, 1.165) is 66.1 Å². The molecule has 36 heavy (non-hydrogen) atoms. The van der Waals surface area contributed by atoms with Gasteiger partial charge in [-0.2, -0.15) is 0 Å². The van der Waals surface area contributed by atoms with Gasteiger partial charge in [0.1, 0.15) is 17.3 Å². The molecule has 0 bridgehead atoms. The van der Waals surface area contributed by atoms with E-state index in [1.807, 2.05) is 36.4 Å². The van der Waals surface area contributed by atoms with Crippen molar-refractivity contribution < 1.29 is 18.8 Å². The molecule has 1 aromatic heterocycles. The molecular formula is C27H35N5O4. The van der Waals surface area contributed by atoms with E-state index in [1.54, 1.807) is 20.8 Å². The third-order valence-electron chi connectivity index (χ3n) is 6.28. The van der Waals surface area contributed by atoms with Crippen molar-refractivity contribution in [2.75, 3.05) is 33.2 Å². The summed E-state index contributed by atoms with van der Waals surface area (Å²) in [5.74, 6) is -0.615. The highest BCUT2D eigenvalue weighted by atomic mass is 16.6. The molecule has 2 aromatic carbocycles. The summed E-state index contributed by atoms with van der Waals surface area (Å²) in [4.78, 5) is 28.7. The minimum absolute atomic E-state index is 0.273. The summed E-state index contributed by atoms with van der Waals surface area (Å²) in [6.07, 6.45) is -0.397. The Labute approximate surface area is 211 Å². The molecule has 192 valence electrons. The van der Waals surface area contributed by atoms with Crippen molar-refractivity contribution in [3.8, 4) is 11.1 Å². The summed E-state index contributed by atoms with van der Waals surface area (Å²) < 4.78 is 10.8. The Balaban J connectivity index is 1.45. The highest BCUT2D eigenvalue weighted by molar-refractivity contribution is 5.86. The van der Waals surface area contributed by atoms with Crippen molar-refractivity contribution in [3.05, 3.63) is 53.7 Å². The van der Waals surface area contributed by atoms with Gasteiger partial charge in [-0.1, -0.05) is 35.5 Å². The van der Waals surface area contributed by atoms with Crippen molar-refractivity contribution >= 4 is 23.0 Å². The number of ether oxygens (including phenoxy) is 1. The van der Waals surface area contributed by atoms with E-state index in [2.05, 4.69) is 33.4 Å². The first-order valence-corrected chi connectivity index (χ1v) is 12.2. The lowest BCUT2D eigenvalue weighted by Crippen LogP contribution is -2.47. The van der Waals surface area contributed by atoms with Gasteiger partial charge in [0, 0.05) is 44.5 Å². The van der Waals surface area contributed by atoms with Crippen molar-refractivity contribution in [1.29, 1.82) is 0 Å². The van der Waals surface area contributed by atoms with Crippen LogP contribution in [-0.2, 0) is 22.5 Å². The number of primary amides is 1. The number of alkyl carbamates (subject to hydrolysis) is 1. The molecule has 2 amide bonds. The number of likely N-dealkylation sites (N-methyl/N-ethyl adjacent to an activating group) is 1. The number of hydrogen-bond acceptors (Lipinski definition) is 7. The van der Waals surface area contributed by atoms with Crippen LogP contribution in [0.1, 0.15) is 32.0 Å². The van der Waals surface area contributed by atoms with E-state index in [1.165, 1.54) is 0 Å². The molecule has 4 rings (SSSR count). The number of nitrogens with one attached hydrogen (secondary N) is 1. The summed E-state index contributed by atoms with van der Waals surface area (Å²) in [6, 6.07) is 13.1. The topological polar surface area (TPSA) is 114 Å². The standard InChI is InChI=1S/C27H35N5O4/c1-27(2,3)35-26(34)29-22(25(28)33)15-18-5-7-19(8-6-18)20-9-10-24-21(16-20)23(30-36-24)17-32-13-11-31(4)12-14-32/h5-10,16,22H,11-15,17H2,1-4H3,(H2,28,33)(H,29,34)/t22-/m0/s1. The van der Waals surface area contributed by atoms with E-state index in [9.17, 15) is 9.59 Å². The highest BCUT2D eigenvalue weighted by Crippen LogP contribution is 2.28. The van der Waals surface area contributed by atoms with Gasteiger partial charge >= 0.3 is 6.09 Å². The van der Waals surface area contributed by atoms with Gasteiger partial charge in [-0.3, -0.25) is 9.69 Å². The van der Waals surface area contributed by atoms with Gasteiger partial charge < -0.3 is 25.2 Å². The maximum Gasteiger partial charge on any atom is 0.408 e. The Bertz CT molecular complexity index is 1210. The third-order valence-corrected chi connectivity index (χ3v) is 6.28. The summed E-state index contributed by atoms with van der Waals surface area (Å²) in [6.45, 7) is 10.2. The second kappa shape index (κ2) is 10.7. The second-order valence-corrected chi connectivity index (χ2v) is 10.4. The van der Waals surface area contributed by atoms with Crippen molar-refractivity contribution in [3.63, 3.8) is 0 Å². The third kappa shape index (κ3) is 6.61. The highest BCUT2D eigenvalue weighted by Gasteiger charge is 2.23. The lowest BCUT2D eigenvalue weighted by molar-refractivity contribution is -0.120. The van der Waals surface area contributed by atoms with Gasteiger partial charge in [-0.25, -0.2) is 4.79 Å². The number of carbonyl (C=O) groups is 2. The molecule has 1 aliphatic heterocycles. The molecule has 9 heteroatoms. The lowest BCUT2D eigenvalue weighted by atomic mass is 9.99. The fraction of sp³-hybridized carbons (Fsp3) is 0.444. The molecule has 0 saturated carbocycles. The number of rotatable bonds is 7. The quantitative estimate of drug-likeness (QED) is 0.520. The number of piperazine rings is 1. The zero-order valence-electron chi connectivity index (χ0n) is 21.4. The monoisotopic (exact) mass is 493 g/mol. The van der Waals surface area contributed by atoms with Gasteiger partial charge in [-0.15, -0.1) is 0 Å². The Morgan fingerprint density at radius 3 is 2.39 bits per heavy atom. The van der Waals surface area contributed by atoms with Gasteiger partial charge in [-0.05, 0) is 56.6 Å². The average Bonchev–Trinajstić information content (AvgIpc) is 3.21. The molecule has 1 saturated heterocycles. The van der Waals surface area contributed by atoms with Gasteiger partial charge in [0.05, 0.1) is 0 Å². The van der Waals surface area contributed by atoms with Crippen molar-refractivity contribution in [2.45, 2.75) is 45.4 Å². The van der Waals surface area contributed by atoms with E-state index in [-0.39, 0.29) is 6.42 Å². The van der Waals surface area contributed by atoms with Gasteiger partial charge in [0.15, 0.2) is 5.58 Å².